The van der Waals surface area contributed by atoms with E-state index in [1.165, 1.54) is 18.2 Å². The van der Waals surface area contributed by atoms with Crippen molar-refractivity contribution in [1.82, 2.24) is 14.9 Å². The Morgan fingerprint density at radius 2 is 1.75 bits per heavy atom. The Labute approximate surface area is 134 Å². The molecule has 1 aliphatic heterocycles. The number of carbonyl (C=O) groups is 1. The summed E-state index contributed by atoms with van der Waals surface area (Å²) in [5.74, 6) is -1.08. The number of benzene rings is 2. The lowest BCUT2D eigenvalue weighted by molar-refractivity contribution is -0.202. The Morgan fingerprint density at radius 1 is 1.08 bits per heavy atom. The van der Waals surface area contributed by atoms with Gasteiger partial charge in [0.2, 0.25) is 11.5 Å². The first-order valence-corrected chi connectivity index (χ1v) is 7.29. The number of carbonyl (C=O) groups excluding carboxylic acids is 1. The third kappa shape index (κ3) is 1.75. The molecule has 0 spiro atoms. The summed E-state index contributed by atoms with van der Waals surface area (Å²) in [6.45, 7) is 1.79. The van der Waals surface area contributed by atoms with Crippen molar-refractivity contribution in [2.75, 3.05) is 0 Å². The molecule has 122 valence electrons. The van der Waals surface area contributed by atoms with Crippen molar-refractivity contribution in [3.05, 3.63) is 65.5 Å². The highest BCUT2D eigenvalue weighted by Gasteiger charge is 2.63. The fourth-order valence-electron chi connectivity index (χ4n) is 3.15. The number of hydrogen-bond acceptors (Lipinski definition) is 2. The van der Waals surface area contributed by atoms with E-state index in [2.05, 4.69) is 10.3 Å². The van der Waals surface area contributed by atoms with Crippen LogP contribution in [0.3, 0.4) is 0 Å². The molecule has 4 rings (SSSR count). The van der Waals surface area contributed by atoms with Crippen LogP contribution in [0.1, 0.15) is 21.7 Å². The molecular weight excluding hydrogens is 319 g/mol. The summed E-state index contributed by atoms with van der Waals surface area (Å²) in [6, 6.07) is 12.4. The monoisotopic (exact) mass is 331 g/mol. The highest BCUT2D eigenvalue weighted by molar-refractivity contribution is 5.98. The Balaban J connectivity index is 2.11. The van der Waals surface area contributed by atoms with Crippen molar-refractivity contribution in [2.45, 2.75) is 18.8 Å². The number of nitrogens with zero attached hydrogens (tertiary/aromatic N) is 2. The quantitative estimate of drug-likeness (QED) is 0.743. The van der Waals surface area contributed by atoms with Gasteiger partial charge in [0.05, 0.1) is 11.0 Å². The van der Waals surface area contributed by atoms with Crippen molar-refractivity contribution in [2.24, 2.45) is 0 Å². The van der Waals surface area contributed by atoms with Crippen molar-refractivity contribution >= 4 is 16.9 Å². The van der Waals surface area contributed by atoms with Gasteiger partial charge < -0.3 is 5.32 Å². The molecule has 0 bridgehead atoms. The van der Waals surface area contributed by atoms with Crippen molar-refractivity contribution in [3.63, 3.8) is 0 Å². The maximum absolute atomic E-state index is 14.2. The molecular formula is C17H12F3N3O. The van der Waals surface area contributed by atoms with Crippen LogP contribution in [0.25, 0.3) is 11.0 Å². The Bertz CT molecular complexity index is 959. The maximum Gasteiger partial charge on any atom is 0.435 e. The van der Waals surface area contributed by atoms with Crippen LogP contribution in [0.2, 0.25) is 0 Å². The molecule has 2 aromatic carbocycles. The van der Waals surface area contributed by atoms with E-state index in [0.717, 1.165) is 10.1 Å². The predicted molar refractivity (Wildman–Crippen MR) is 81.5 cm³/mol. The van der Waals surface area contributed by atoms with Crippen LogP contribution in [0, 0.1) is 6.92 Å². The molecule has 1 unspecified atom stereocenters. The van der Waals surface area contributed by atoms with Crippen molar-refractivity contribution in [1.29, 1.82) is 0 Å². The van der Waals surface area contributed by atoms with Crippen LogP contribution in [0.15, 0.2) is 48.5 Å². The molecule has 24 heavy (non-hydrogen) atoms. The van der Waals surface area contributed by atoms with E-state index >= 15 is 0 Å². The van der Waals surface area contributed by atoms with Crippen molar-refractivity contribution in [3.8, 4) is 0 Å². The zero-order valence-electron chi connectivity index (χ0n) is 12.6. The van der Waals surface area contributed by atoms with Gasteiger partial charge in [-0.1, -0.05) is 42.0 Å². The molecule has 1 atom stereocenters. The standard InChI is InChI=1S/C17H12F3N3O/c1-10-6-8-11(9-7-10)16(17(18,19)20)22-15(24)14-21-12-4-2-3-5-13(12)23(14)16/h2-9H,1H3,(H,22,24). The first kappa shape index (κ1) is 14.7. The van der Waals surface area contributed by atoms with Gasteiger partial charge in [-0.3, -0.25) is 9.36 Å². The largest absolute Gasteiger partial charge is 0.435 e. The fraction of sp³-hybridized carbons (Fsp3) is 0.176. The number of amides is 1. The number of rotatable bonds is 1. The average molecular weight is 331 g/mol. The molecule has 0 radical (unpaired) electrons. The number of imidazole rings is 1. The minimum Gasteiger partial charge on any atom is -0.315 e. The number of fused-ring (bicyclic) bond motifs is 3. The van der Waals surface area contributed by atoms with Gasteiger partial charge in [0, 0.05) is 5.56 Å². The zero-order chi connectivity index (χ0) is 17.1. The number of aromatic nitrogens is 2. The number of aryl methyl sites for hydroxylation is 1. The van der Waals surface area contributed by atoms with E-state index in [0.29, 0.717) is 5.52 Å². The molecule has 1 aromatic heterocycles. The number of halogens is 3. The Morgan fingerprint density at radius 3 is 2.42 bits per heavy atom. The Hall–Kier alpha value is -2.83. The van der Waals surface area contributed by atoms with Gasteiger partial charge in [0.15, 0.2) is 0 Å². The number of para-hydroxylation sites is 2. The van der Waals surface area contributed by atoms with E-state index in [-0.39, 0.29) is 16.9 Å². The first-order chi connectivity index (χ1) is 11.3. The lowest BCUT2D eigenvalue weighted by Gasteiger charge is -2.34. The fourth-order valence-corrected chi connectivity index (χ4v) is 3.15. The van der Waals surface area contributed by atoms with Gasteiger partial charge in [-0.2, -0.15) is 13.2 Å². The van der Waals surface area contributed by atoms with E-state index in [1.807, 2.05) is 0 Å². The molecule has 4 nitrogen and oxygen atoms in total. The molecule has 3 aromatic rings. The molecule has 1 N–H and O–H groups in total. The van der Waals surface area contributed by atoms with E-state index in [9.17, 15) is 18.0 Å². The molecule has 7 heteroatoms. The third-order valence-electron chi connectivity index (χ3n) is 4.27. The van der Waals surface area contributed by atoms with Gasteiger partial charge >= 0.3 is 6.18 Å². The van der Waals surface area contributed by atoms with E-state index < -0.39 is 17.7 Å². The topological polar surface area (TPSA) is 46.9 Å². The molecule has 0 fully saturated rings. The summed E-state index contributed by atoms with van der Waals surface area (Å²) in [4.78, 5) is 16.3. The minimum atomic E-state index is -4.74. The van der Waals surface area contributed by atoms with Crippen LogP contribution in [0.4, 0.5) is 13.2 Å². The SMILES string of the molecule is Cc1ccc(C2(C(F)(F)F)NC(=O)c3nc4ccccc4n32)cc1. The van der Waals surface area contributed by atoms with Gasteiger partial charge in [-0.15, -0.1) is 0 Å². The van der Waals surface area contributed by atoms with E-state index in [4.69, 9.17) is 0 Å². The van der Waals surface area contributed by atoms with Crippen LogP contribution >= 0.6 is 0 Å². The lowest BCUT2D eigenvalue weighted by Crippen LogP contribution is -2.56. The summed E-state index contributed by atoms with van der Waals surface area (Å²) in [5.41, 5.74) is -1.29. The second kappa shape index (κ2) is 4.59. The summed E-state index contributed by atoms with van der Waals surface area (Å²) >= 11 is 0. The van der Waals surface area contributed by atoms with Crippen LogP contribution in [-0.2, 0) is 5.66 Å². The van der Waals surface area contributed by atoms with Crippen molar-refractivity contribution < 1.29 is 18.0 Å². The number of alkyl halides is 3. The Kier molecular flexibility index (Phi) is 2.82. The van der Waals surface area contributed by atoms with Gasteiger partial charge in [0.25, 0.3) is 5.91 Å². The normalized spacial score (nSPS) is 20.2. The summed E-state index contributed by atoms with van der Waals surface area (Å²) in [5, 5.41) is 2.12. The second-order valence-corrected chi connectivity index (χ2v) is 5.79. The maximum atomic E-state index is 14.2. The smallest absolute Gasteiger partial charge is 0.315 e. The molecule has 1 aliphatic rings. The molecule has 2 heterocycles. The summed E-state index contributed by atoms with van der Waals surface area (Å²) in [6.07, 6.45) is -4.74. The third-order valence-corrected chi connectivity index (χ3v) is 4.27. The summed E-state index contributed by atoms with van der Waals surface area (Å²) < 4.78 is 43.5. The van der Waals surface area contributed by atoms with Gasteiger partial charge in [-0.25, -0.2) is 4.98 Å². The molecule has 0 saturated heterocycles. The minimum absolute atomic E-state index is 0.0594. The highest BCUT2D eigenvalue weighted by atomic mass is 19.4. The van der Waals surface area contributed by atoms with Crippen LogP contribution in [0.5, 0.6) is 0 Å². The average Bonchev–Trinajstić information content (AvgIpc) is 3.04. The van der Waals surface area contributed by atoms with E-state index in [1.54, 1.807) is 37.3 Å². The van der Waals surface area contributed by atoms with Gasteiger partial charge in [0.1, 0.15) is 0 Å². The van der Waals surface area contributed by atoms with Crippen LogP contribution < -0.4 is 5.32 Å². The second-order valence-electron chi connectivity index (χ2n) is 5.79. The van der Waals surface area contributed by atoms with Crippen LogP contribution in [-0.4, -0.2) is 21.6 Å². The summed E-state index contributed by atoms with van der Waals surface area (Å²) in [7, 11) is 0. The zero-order valence-corrected chi connectivity index (χ0v) is 12.6. The highest BCUT2D eigenvalue weighted by Crippen LogP contribution is 2.45. The van der Waals surface area contributed by atoms with Gasteiger partial charge in [-0.05, 0) is 19.1 Å². The first-order valence-electron chi connectivity index (χ1n) is 7.29. The molecule has 0 aliphatic carbocycles. The number of nitrogens with one attached hydrogen (secondary N) is 1. The number of hydrogen-bond donors (Lipinski definition) is 1. The molecule has 1 amide bonds. The molecule has 0 saturated carbocycles. The lowest BCUT2D eigenvalue weighted by atomic mass is 9.97. The predicted octanol–water partition coefficient (Wildman–Crippen LogP) is 3.35.